The van der Waals surface area contributed by atoms with E-state index >= 15 is 0 Å². The van der Waals surface area contributed by atoms with Crippen molar-refractivity contribution in [1.29, 1.82) is 0 Å². The number of carbonyl (C=O) groups excluding carboxylic acids is 1. The van der Waals surface area contributed by atoms with E-state index < -0.39 is 28.7 Å². The molecule has 3 rings (SSSR count). The summed E-state index contributed by atoms with van der Waals surface area (Å²) in [6.07, 6.45) is 1.43. The summed E-state index contributed by atoms with van der Waals surface area (Å²) in [5.41, 5.74) is -1.66. The molecule has 0 spiro atoms. The summed E-state index contributed by atoms with van der Waals surface area (Å²) in [7, 11) is 0. The molecule has 3 aromatic rings. The number of carbonyl (C=O) groups is 1. The SMILES string of the molecule is CCOC(=O)c1c(O)n(-c2ccccn2)c(=O)n(Cc2ccccc2)c1=O. The molecule has 0 fully saturated rings. The second-order valence-electron chi connectivity index (χ2n) is 5.60. The Hall–Kier alpha value is -3.68. The fourth-order valence-corrected chi connectivity index (χ4v) is 2.62. The van der Waals surface area contributed by atoms with Gasteiger partial charge < -0.3 is 9.84 Å². The largest absolute Gasteiger partial charge is 0.493 e. The Morgan fingerprint density at radius 2 is 1.81 bits per heavy atom. The smallest absolute Gasteiger partial charge is 0.349 e. The van der Waals surface area contributed by atoms with Gasteiger partial charge in [-0.2, -0.15) is 0 Å². The molecule has 0 aliphatic rings. The van der Waals surface area contributed by atoms with Gasteiger partial charge in [0.05, 0.1) is 13.2 Å². The van der Waals surface area contributed by atoms with Crippen LogP contribution in [0, 0.1) is 0 Å². The molecule has 8 nitrogen and oxygen atoms in total. The summed E-state index contributed by atoms with van der Waals surface area (Å²) < 4.78 is 6.56. The highest BCUT2D eigenvalue weighted by Gasteiger charge is 2.26. The quantitative estimate of drug-likeness (QED) is 0.682. The van der Waals surface area contributed by atoms with Crippen LogP contribution in [0.3, 0.4) is 0 Å². The molecule has 0 saturated heterocycles. The first-order valence-corrected chi connectivity index (χ1v) is 8.25. The van der Waals surface area contributed by atoms with Crippen LogP contribution in [0.5, 0.6) is 5.88 Å². The van der Waals surface area contributed by atoms with Crippen molar-refractivity contribution in [3.63, 3.8) is 0 Å². The lowest BCUT2D eigenvalue weighted by atomic mass is 10.2. The Bertz CT molecular complexity index is 1070. The number of esters is 1. The molecule has 2 aromatic heterocycles. The summed E-state index contributed by atoms with van der Waals surface area (Å²) in [6, 6.07) is 13.6. The number of rotatable bonds is 5. The summed E-state index contributed by atoms with van der Waals surface area (Å²) >= 11 is 0. The zero-order valence-corrected chi connectivity index (χ0v) is 14.5. The molecule has 0 saturated carbocycles. The average molecular weight is 367 g/mol. The number of hydrogen-bond donors (Lipinski definition) is 1. The van der Waals surface area contributed by atoms with E-state index in [1.807, 2.05) is 0 Å². The van der Waals surface area contributed by atoms with E-state index in [2.05, 4.69) is 4.98 Å². The molecule has 0 aliphatic carbocycles. The first-order chi connectivity index (χ1) is 13.0. The van der Waals surface area contributed by atoms with Crippen molar-refractivity contribution in [1.82, 2.24) is 14.1 Å². The maximum absolute atomic E-state index is 12.9. The Morgan fingerprint density at radius 3 is 2.44 bits per heavy atom. The lowest BCUT2D eigenvalue weighted by Crippen LogP contribution is -2.42. The van der Waals surface area contributed by atoms with Gasteiger partial charge in [0.15, 0.2) is 5.56 Å². The van der Waals surface area contributed by atoms with Crippen LogP contribution in [-0.2, 0) is 11.3 Å². The zero-order valence-electron chi connectivity index (χ0n) is 14.5. The van der Waals surface area contributed by atoms with Crippen molar-refractivity contribution in [3.05, 3.63) is 86.7 Å². The Balaban J connectivity index is 2.29. The maximum Gasteiger partial charge on any atom is 0.349 e. The number of hydrogen-bond acceptors (Lipinski definition) is 6. The van der Waals surface area contributed by atoms with Crippen molar-refractivity contribution in [3.8, 4) is 11.7 Å². The molecule has 1 N–H and O–H groups in total. The maximum atomic E-state index is 12.9. The van der Waals surface area contributed by atoms with Gasteiger partial charge in [0, 0.05) is 6.20 Å². The fourth-order valence-electron chi connectivity index (χ4n) is 2.62. The van der Waals surface area contributed by atoms with Crippen LogP contribution in [-0.4, -0.2) is 31.8 Å². The van der Waals surface area contributed by atoms with E-state index in [-0.39, 0.29) is 19.0 Å². The average Bonchev–Trinajstić information content (AvgIpc) is 2.67. The Labute approximate surface area is 153 Å². The van der Waals surface area contributed by atoms with Crippen molar-refractivity contribution < 1.29 is 14.6 Å². The number of benzene rings is 1. The molecule has 8 heteroatoms. The minimum absolute atomic E-state index is 0.0130. The van der Waals surface area contributed by atoms with Crippen LogP contribution >= 0.6 is 0 Å². The molecular formula is C19H17N3O5. The van der Waals surface area contributed by atoms with E-state index in [1.165, 1.54) is 12.3 Å². The number of aromatic hydroxyl groups is 1. The zero-order chi connectivity index (χ0) is 19.4. The highest BCUT2D eigenvalue weighted by molar-refractivity contribution is 5.91. The summed E-state index contributed by atoms with van der Waals surface area (Å²) in [5.74, 6) is -1.73. The molecule has 0 radical (unpaired) electrons. The van der Waals surface area contributed by atoms with Gasteiger partial charge in [0.1, 0.15) is 5.82 Å². The van der Waals surface area contributed by atoms with E-state index in [1.54, 1.807) is 49.4 Å². The third-order valence-electron chi connectivity index (χ3n) is 3.86. The van der Waals surface area contributed by atoms with Crippen LogP contribution in [0.25, 0.3) is 5.82 Å². The minimum Gasteiger partial charge on any atom is -0.493 e. The van der Waals surface area contributed by atoms with Crippen LogP contribution in [0.15, 0.2) is 64.3 Å². The minimum atomic E-state index is -1.01. The van der Waals surface area contributed by atoms with Gasteiger partial charge in [-0.15, -0.1) is 0 Å². The summed E-state index contributed by atoms with van der Waals surface area (Å²) in [4.78, 5) is 42.0. The molecule has 0 bridgehead atoms. The normalized spacial score (nSPS) is 10.6. The van der Waals surface area contributed by atoms with Gasteiger partial charge in [-0.25, -0.2) is 19.1 Å². The van der Waals surface area contributed by atoms with Crippen molar-refractivity contribution in [2.75, 3.05) is 6.61 Å². The molecule has 0 amide bonds. The second kappa shape index (κ2) is 7.69. The second-order valence-corrected chi connectivity index (χ2v) is 5.60. The number of aromatic nitrogens is 3. The summed E-state index contributed by atoms with van der Waals surface area (Å²) in [5, 5.41) is 10.5. The summed E-state index contributed by atoms with van der Waals surface area (Å²) in [6.45, 7) is 1.52. The number of pyridine rings is 1. The predicted molar refractivity (Wildman–Crippen MR) is 97.3 cm³/mol. The van der Waals surface area contributed by atoms with E-state index in [0.717, 1.165) is 9.13 Å². The van der Waals surface area contributed by atoms with Crippen molar-refractivity contribution >= 4 is 5.97 Å². The molecule has 1 aromatic carbocycles. The van der Waals surface area contributed by atoms with Gasteiger partial charge in [-0.1, -0.05) is 36.4 Å². The molecule has 0 unspecified atom stereocenters. The van der Waals surface area contributed by atoms with E-state index in [4.69, 9.17) is 4.74 Å². The fraction of sp³-hybridized carbons (Fsp3) is 0.158. The first-order valence-electron chi connectivity index (χ1n) is 8.25. The third kappa shape index (κ3) is 3.50. The van der Waals surface area contributed by atoms with Crippen LogP contribution < -0.4 is 11.2 Å². The molecule has 2 heterocycles. The van der Waals surface area contributed by atoms with Gasteiger partial charge >= 0.3 is 11.7 Å². The first kappa shape index (κ1) is 18.1. The van der Waals surface area contributed by atoms with Crippen LogP contribution in [0.2, 0.25) is 0 Å². The standard InChI is InChI=1S/C19H17N3O5/c1-2-27-18(25)15-16(23)21(12-13-8-4-3-5-9-13)19(26)22(17(15)24)14-10-6-7-11-20-14/h3-11,24H,2,12H2,1H3. The van der Waals surface area contributed by atoms with Crippen LogP contribution in [0.4, 0.5) is 0 Å². The molecule has 0 aliphatic heterocycles. The highest BCUT2D eigenvalue weighted by atomic mass is 16.5. The monoisotopic (exact) mass is 367 g/mol. The number of ether oxygens (including phenoxy) is 1. The predicted octanol–water partition coefficient (Wildman–Crippen LogP) is 1.32. The Morgan fingerprint density at radius 1 is 1.11 bits per heavy atom. The van der Waals surface area contributed by atoms with Gasteiger partial charge in [0.25, 0.3) is 5.56 Å². The Kier molecular flexibility index (Phi) is 5.16. The van der Waals surface area contributed by atoms with Gasteiger partial charge in [0.2, 0.25) is 5.88 Å². The van der Waals surface area contributed by atoms with Gasteiger partial charge in [-0.05, 0) is 24.6 Å². The van der Waals surface area contributed by atoms with Crippen molar-refractivity contribution in [2.24, 2.45) is 0 Å². The molecule has 138 valence electrons. The van der Waals surface area contributed by atoms with Gasteiger partial charge in [-0.3, -0.25) is 9.36 Å². The topological polar surface area (TPSA) is 103 Å². The highest BCUT2D eigenvalue weighted by Crippen LogP contribution is 2.16. The molecule has 0 atom stereocenters. The van der Waals surface area contributed by atoms with E-state index in [0.29, 0.717) is 5.56 Å². The van der Waals surface area contributed by atoms with Crippen molar-refractivity contribution in [2.45, 2.75) is 13.5 Å². The lowest BCUT2D eigenvalue weighted by Gasteiger charge is -2.14. The number of nitrogens with zero attached hydrogens (tertiary/aromatic N) is 3. The van der Waals surface area contributed by atoms with E-state index in [9.17, 15) is 19.5 Å². The van der Waals surface area contributed by atoms with Crippen LogP contribution in [0.1, 0.15) is 22.8 Å². The molecular weight excluding hydrogens is 350 g/mol. The lowest BCUT2D eigenvalue weighted by molar-refractivity contribution is 0.0518. The molecule has 27 heavy (non-hydrogen) atoms. The third-order valence-corrected chi connectivity index (χ3v) is 3.86.